The fraction of sp³-hybridized carbons (Fsp3) is 0.188. The van der Waals surface area contributed by atoms with E-state index in [1.54, 1.807) is 24.3 Å². The van der Waals surface area contributed by atoms with Crippen molar-refractivity contribution in [2.24, 2.45) is 5.73 Å². The van der Waals surface area contributed by atoms with Gasteiger partial charge in [0.05, 0.1) is 18.6 Å². The van der Waals surface area contributed by atoms with E-state index in [0.717, 1.165) is 7.11 Å². The Labute approximate surface area is 137 Å². The third-order valence-corrected chi connectivity index (χ3v) is 3.59. The second kappa shape index (κ2) is 6.55. The summed E-state index contributed by atoms with van der Waals surface area (Å²) in [5, 5.41) is 9.82. The average molecular weight is 333 g/mol. The molecule has 1 aliphatic heterocycles. The number of carbonyl (C=O) groups is 2. The maximum absolute atomic E-state index is 12.1. The maximum atomic E-state index is 12.1. The first-order chi connectivity index (χ1) is 10.9. The number of ketones is 1. The van der Waals surface area contributed by atoms with Crippen LogP contribution in [0.1, 0.15) is 18.4 Å². The third-order valence-electron chi connectivity index (χ3n) is 3.35. The van der Waals surface area contributed by atoms with Crippen LogP contribution < -0.4 is 5.73 Å². The number of halogens is 1. The highest BCUT2D eigenvalue weighted by molar-refractivity contribution is 6.30. The van der Waals surface area contributed by atoms with Gasteiger partial charge in [0.15, 0.2) is 5.78 Å². The number of hydrogen-bond acceptors (Lipinski definition) is 6. The number of hydrogen-bond donors (Lipinski definition) is 1. The smallest absolute Gasteiger partial charge is 0.374 e. The van der Waals surface area contributed by atoms with Gasteiger partial charge in [-0.1, -0.05) is 23.7 Å². The molecule has 0 fully saturated rings. The van der Waals surface area contributed by atoms with Crippen LogP contribution in [0.4, 0.5) is 0 Å². The van der Waals surface area contributed by atoms with Crippen molar-refractivity contribution in [3.8, 4) is 6.07 Å². The summed E-state index contributed by atoms with van der Waals surface area (Å²) in [5.41, 5.74) is 6.33. The fourth-order valence-electron chi connectivity index (χ4n) is 2.38. The molecule has 0 bridgehead atoms. The first kappa shape index (κ1) is 16.6. The van der Waals surface area contributed by atoms with Crippen molar-refractivity contribution < 1.29 is 19.1 Å². The number of methoxy groups -OCH3 is 1. The Morgan fingerprint density at radius 2 is 2.13 bits per heavy atom. The molecule has 2 rings (SSSR count). The number of esters is 1. The Morgan fingerprint density at radius 1 is 1.43 bits per heavy atom. The van der Waals surface area contributed by atoms with Crippen LogP contribution >= 0.6 is 11.6 Å². The van der Waals surface area contributed by atoms with Gasteiger partial charge in [0, 0.05) is 5.02 Å². The molecule has 1 aliphatic rings. The van der Waals surface area contributed by atoms with Crippen molar-refractivity contribution >= 4 is 23.4 Å². The van der Waals surface area contributed by atoms with Crippen LogP contribution in [0.15, 0.2) is 47.1 Å². The van der Waals surface area contributed by atoms with Gasteiger partial charge in [-0.2, -0.15) is 5.26 Å². The van der Waals surface area contributed by atoms with E-state index in [2.05, 4.69) is 4.74 Å². The van der Waals surface area contributed by atoms with E-state index in [-0.39, 0.29) is 22.8 Å². The van der Waals surface area contributed by atoms with Gasteiger partial charge < -0.3 is 15.2 Å². The predicted octanol–water partition coefficient (Wildman–Crippen LogP) is 2.16. The number of ether oxygens (including phenoxy) is 2. The molecule has 1 aromatic rings. The van der Waals surface area contributed by atoms with Crippen LogP contribution in [-0.2, 0) is 19.1 Å². The lowest BCUT2D eigenvalue weighted by molar-refractivity contribution is -0.140. The maximum Gasteiger partial charge on any atom is 0.374 e. The minimum absolute atomic E-state index is 0.00451. The number of nitrogens with two attached hydrogens (primary N) is 1. The zero-order chi connectivity index (χ0) is 17.1. The summed E-state index contributed by atoms with van der Waals surface area (Å²) in [6.45, 7) is 1.27. The van der Waals surface area contributed by atoms with E-state index in [9.17, 15) is 14.9 Å². The lowest BCUT2D eigenvalue weighted by Crippen LogP contribution is -2.27. The largest absolute Gasteiger partial charge is 0.463 e. The molecule has 0 unspecified atom stereocenters. The lowest BCUT2D eigenvalue weighted by Gasteiger charge is -2.26. The summed E-state index contributed by atoms with van der Waals surface area (Å²) in [6.07, 6.45) is 0. The second-order valence-corrected chi connectivity index (χ2v) is 5.21. The number of nitrogens with zero attached hydrogens (tertiary/aromatic N) is 1. The van der Waals surface area contributed by atoms with Crippen LogP contribution in [0.25, 0.3) is 0 Å². The molecule has 2 N–H and O–H groups in total. The van der Waals surface area contributed by atoms with E-state index in [0.29, 0.717) is 10.6 Å². The molecular weight excluding hydrogens is 320 g/mol. The third kappa shape index (κ3) is 3.05. The van der Waals surface area contributed by atoms with Crippen molar-refractivity contribution in [2.45, 2.75) is 12.8 Å². The zero-order valence-electron chi connectivity index (χ0n) is 12.4. The highest BCUT2D eigenvalue weighted by Gasteiger charge is 2.38. The molecule has 6 nitrogen and oxygen atoms in total. The molecule has 7 heteroatoms. The van der Waals surface area contributed by atoms with E-state index in [4.69, 9.17) is 22.1 Å². The van der Waals surface area contributed by atoms with E-state index < -0.39 is 17.7 Å². The molecule has 0 saturated heterocycles. The second-order valence-electron chi connectivity index (χ2n) is 4.77. The molecule has 0 amide bonds. The van der Waals surface area contributed by atoms with Crippen molar-refractivity contribution in [1.29, 1.82) is 5.26 Å². The average Bonchev–Trinajstić information content (AvgIpc) is 2.52. The monoisotopic (exact) mass is 332 g/mol. The number of nitriles is 1. The lowest BCUT2D eigenvalue weighted by atomic mass is 9.81. The Hall–Kier alpha value is -2.78. The Kier molecular flexibility index (Phi) is 4.72. The highest BCUT2D eigenvalue weighted by atomic mass is 35.5. The van der Waals surface area contributed by atoms with Crippen molar-refractivity contribution in [3.05, 3.63) is 57.6 Å². The van der Waals surface area contributed by atoms with Crippen molar-refractivity contribution in [3.63, 3.8) is 0 Å². The predicted molar refractivity (Wildman–Crippen MR) is 81.8 cm³/mol. The summed E-state index contributed by atoms with van der Waals surface area (Å²) in [4.78, 5) is 24.0. The molecule has 0 radical (unpaired) electrons. The number of allylic oxidation sites excluding steroid dienone is 2. The topological polar surface area (TPSA) is 102 Å². The standard InChI is InChI=1S/C16H13ClN2O4/c1-8(20)12-13(9-4-3-5-10(17)6-9)11(7-18)15(19)23-14(12)16(21)22-2/h3-6,13H,19H2,1-2H3/t13-/m1/s1. The van der Waals surface area contributed by atoms with Crippen molar-refractivity contribution in [2.75, 3.05) is 7.11 Å². The van der Waals surface area contributed by atoms with E-state index >= 15 is 0 Å². The molecule has 23 heavy (non-hydrogen) atoms. The van der Waals surface area contributed by atoms with Crippen LogP contribution in [0.2, 0.25) is 5.02 Å². The van der Waals surface area contributed by atoms with E-state index in [1.807, 2.05) is 6.07 Å². The molecule has 0 saturated carbocycles. The minimum Gasteiger partial charge on any atom is -0.463 e. The van der Waals surface area contributed by atoms with Gasteiger partial charge in [-0.3, -0.25) is 4.79 Å². The van der Waals surface area contributed by atoms with Gasteiger partial charge in [0.2, 0.25) is 11.6 Å². The summed E-state index contributed by atoms with van der Waals surface area (Å²) in [6, 6.07) is 8.54. The first-order valence-electron chi connectivity index (χ1n) is 6.57. The molecule has 0 aromatic heterocycles. The Bertz CT molecular complexity index is 790. The highest BCUT2D eigenvalue weighted by Crippen LogP contribution is 2.40. The SMILES string of the molecule is COC(=O)C1=C(C(C)=O)[C@H](c2cccc(Cl)c2)C(C#N)=C(N)O1. The molecule has 1 atom stereocenters. The number of Topliss-reactive ketones (excluding diaryl/α,β-unsaturated/α-hetero) is 1. The zero-order valence-corrected chi connectivity index (χ0v) is 13.2. The van der Waals surface area contributed by atoms with Crippen LogP contribution in [0.3, 0.4) is 0 Å². The van der Waals surface area contributed by atoms with Gasteiger partial charge in [-0.25, -0.2) is 4.79 Å². The number of benzene rings is 1. The molecule has 0 spiro atoms. The van der Waals surface area contributed by atoms with Crippen LogP contribution in [0, 0.1) is 11.3 Å². The molecule has 1 aromatic carbocycles. The van der Waals surface area contributed by atoms with Crippen molar-refractivity contribution in [1.82, 2.24) is 0 Å². The number of rotatable bonds is 3. The summed E-state index contributed by atoms with van der Waals surface area (Å²) in [7, 11) is 1.16. The van der Waals surface area contributed by atoms with E-state index in [1.165, 1.54) is 6.92 Å². The molecule has 1 heterocycles. The van der Waals surface area contributed by atoms with Gasteiger partial charge in [-0.15, -0.1) is 0 Å². The van der Waals surface area contributed by atoms with Gasteiger partial charge in [-0.05, 0) is 24.6 Å². The normalized spacial score (nSPS) is 17.4. The van der Waals surface area contributed by atoms with Crippen LogP contribution in [0.5, 0.6) is 0 Å². The first-order valence-corrected chi connectivity index (χ1v) is 6.95. The number of carbonyl (C=O) groups excluding carboxylic acids is 2. The molecular formula is C16H13ClN2O4. The van der Waals surface area contributed by atoms with Gasteiger partial charge in [0.1, 0.15) is 11.6 Å². The quantitative estimate of drug-likeness (QED) is 0.851. The Morgan fingerprint density at radius 3 is 2.65 bits per heavy atom. The summed E-state index contributed by atoms with van der Waals surface area (Å²) >= 11 is 5.99. The Balaban J connectivity index is 2.75. The summed E-state index contributed by atoms with van der Waals surface area (Å²) < 4.78 is 9.82. The fourth-order valence-corrected chi connectivity index (χ4v) is 2.58. The molecule has 118 valence electrons. The minimum atomic E-state index is -0.848. The van der Waals surface area contributed by atoms with Gasteiger partial charge in [0.25, 0.3) is 0 Å². The summed E-state index contributed by atoms with van der Waals surface area (Å²) in [5.74, 6) is -2.69. The van der Waals surface area contributed by atoms with Gasteiger partial charge >= 0.3 is 5.97 Å². The van der Waals surface area contributed by atoms with Crippen LogP contribution in [-0.4, -0.2) is 18.9 Å². The molecule has 0 aliphatic carbocycles.